The number of anilines is 1. The molecule has 170 valence electrons. The molecule has 4 nitrogen and oxygen atoms in total. The van der Waals surface area contributed by atoms with Crippen molar-refractivity contribution in [2.75, 3.05) is 18.0 Å². The van der Waals surface area contributed by atoms with Gasteiger partial charge in [-0.3, -0.25) is 10.1 Å². The molecule has 1 saturated heterocycles. The van der Waals surface area contributed by atoms with Gasteiger partial charge in [-0.15, -0.1) is 0 Å². The predicted molar refractivity (Wildman–Crippen MR) is 128 cm³/mol. The van der Waals surface area contributed by atoms with E-state index in [1.807, 2.05) is 13.0 Å². The summed E-state index contributed by atoms with van der Waals surface area (Å²) >= 11 is 5.92. The molecule has 0 unspecified atom stereocenters. The third kappa shape index (κ3) is 6.19. The van der Waals surface area contributed by atoms with Crippen LogP contribution < -0.4 is 4.90 Å². The number of hydrogen-bond acceptors (Lipinski definition) is 3. The number of benzene rings is 2. The van der Waals surface area contributed by atoms with Gasteiger partial charge in [-0.05, 0) is 72.9 Å². The minimum Gasteiger partial charge on any atom is -0.366 e. The molecule has 2 aromatic carbocycles. The minimum atomic E-state index is -0.382. The van der Waals surface area contributed by atoms with Crippen molar-refractivity contribution in [1.82, 2.24) is 0 Å². The Morgan fingerprint density at radius 3 is 2.26 bits per heavy atom. The summed E-state index contributed by atoms with van der Waals surface area (Å²) in [7, 11) is 0. The lowest BCUT2D eigenvalue weighted by atomic mass is 9.69. The van der Waals surface area contributed by atoms with E-state index in [9.17, 15) is 14.5 Å². The predicted octanol–water partition coefficient (Wildman–Crippen LogP) is 7.70. The van der Waals surface area contributed by atoms with Crippen molar-refractivity contribution in [2.24, 2.45) is 5.92 Å². The van der Waals surface area contributed by atoms with Crippen LogP contribution in [0, 0.1) is 28.8 Å². The van der Waals surface area contributed by atoms with Crippen molar-refractivity contribution in [3.8, 4) is 0 Å². The first kappa shape index (κ1) is 25.1. The van der Waals surface area contributed by atoms with Crippen molar-refractivity contribution in [2.45, 2.75) is 65.7 Å². The largest absolute Gasteiger partial charge is 0.366 e. The Labute approximate surface area is 190 Å². The number of rotatable bonds is 5. The zero-order valence-electron chi connectivity index (χ0n) is 19.3. The molecule has 0 amide bonds. The number of nitrogens with zero attached hydrogens (tertiary/aromatic N) is 2. The zero-order chi connectivity index (χ0) is 23.2. The van der Waals surface area contributed by atoms with E-state index < -0.39 is 0 Å². The Morgan fingerprint density at radius 2 is 1.77 bits per heavy atom. The average Bonchev–Trinajstić information content (AvgIpc) is 2.74. The molecule has 31 heavy (non-hydrogen) atoms. The zero-order valence-corrected chi connectivity index (χ0v) is 20.0. The summed E-state index contributed by atoms with van der Waals surface area (Å²) in [6.07, 6.45) is 4.00. The lowest BCUT2D eigenvalue weighted by molar-refractivity contribution is -0.384. The lowest BCUT2D eigenvalue weighted by Crippen LogP contribution is -2.43. The van der Waals surface area contributed by atoms with Crippen LogP contribution >= 0.6 is 11.6 Å². The van der Waals surface area contributed by atoms with E-state index in [-0.39, 0.29) is 21.8 Å². The summed E-state index contributed by atoms with van der Waals surface area (Å²) in [6, 6.07) is 9.83. The smallest absolute Gasteiger partial charge is 0.294 e. The number of piperidine rings is 1. The Morgan fingerprint density at radius 1 is 1.16 bits per heavy atom. The van der Waals surface area contributed by atoms with E-state index in [1.54, 1.807) is 18.2 Å². The first-order valence-corrected chi connectivity index (χ1v) is 11.5. The number of halogens is 2. The van der Waals surface area contributed by atoms with E-state index >= 15 is 0 Å². The van der Waals surface area contributed by atoms with Crippen LogP contribution in [0.25, 0.3) is 0 Å². The normalized spacial score (nSPS) is 15.4. The molecule has 1 aliphatic rings. The second-order valence-corrected chi connectivity index (χ2v) is 9.21. The van der Waals surface area contributed by atoms with Crippen molar-refractivity contribution in [3.63, 3.8) is 0 Å². The summed E-state index contributed by atoms with van der Waals surface area (Å²) < 4.78 is 13.5. The van der Waals surface area contributed by atoms with Gasteiger partial charge in [0.15, 0.2) is 0 Å². The molecule has 0 aromatic heterocycles. The van der Waals surface area contributed by atoms with E-state index in [2.05, 4.69) is 32.6 Å². The summed E-state index contributed by atoms with van der Waals surface area (Å²) in [6.45, 7) is 12.2. The van der Waals surface area contributed by atoms with Gasteiger partial charge in [-0.25, -0.2) is 4.39 Å². The molecule has 0 aliphatic carbocycles. The molecule has 6 heteroatoms. The topological polar surface area (TPSA) is 46.4 Å². The fourth-order valence-corrected chi connectivity index (χ4v) is 4.29. The van der Waals surface area contributed by atoms with Gasteiger partial charge < -0.3 is 4.90 Å². The maximum Gasteiger partial charge on any atom is 0.294 e. The molecule has 0 atom stereocenters. The Bertz CT molecular complexity index is 893. The lowest BCUT2D eigenvalue weighted by Gasteiger charge is -2.43. The van der Waals surface area contributed by atoms with Crippen molar-refractivity contribution in [1.29, 1.82) is 0 Å². The van der Waals surface area contributed by atoms with Crippen molar-refractivity contribution < 1.29 is 9.31 Å². The molecule has 1 aliphatic heterocycles. The molecular formula is C25H34ClFN2O2. The molecule has 0 N–H and O–H groups in total. The molecule has 3 rings (SSSR count). The Balaban J connectivity index is 0.000000614. The van der Waals surface area contributed by atoms with E-state index in [1.165, 1.54) is 24.1 Å². The maximum atomic E-state index is 13.5. The van der Waals surface area contributed by atoms with Crippen LogP contribution in [0.2, 0.25) is 5.02 Å². The van der Waals surface area contributed by atoms with Gasteiger partial charge in [0.05, 0.1) is 4.92 Å². The Hall–Kier alpha value is -2.14. The van der Waals surface area contributed by atoms with Crippen LogP contribution in [0.1, 0.15) is 64.5 Å². The summed E-state index contributed by atoms with van der Waals surface area (Å²) in [5.74, 6) is 0.668. The fraction of sp³-hybridized carbons (Fsp3) is 0.520. The quantitative estimate of drug-likeness (QED) is 0.347. The molecule has 0 spiro atoms. The third-order valence-electron chi connectivity index (χ3n) is 6.45. The van der Waals surface area contributed by atoms with Gasteiger partial charge in [0.1, 0.15) is 11.5 Å². The van der Waals surface area contributed by atoms with E-state index in [4.69, 9.17) is 11.6 Å². The van der Waals surface area contributed by atoms with Crippen LogP contribution in [0.4, 0.5) is 15.8 Å². The highest BCUT2D eigenvalue weighted by Crippen LogP contribution is 2.42. The van der Waals surface area contributed by atoms with Gasteiger partial charge in [0.25, 0.3) is 5.69 Å². The van der Waals surface area contributed by atoms with E-state index in [0.29, 0.717) is 23.8 Å². The van der Waals surface area contributed by atoms with Gasteiger partial charge in [-0.1, -0.05) is 51.8 Å². The SMILES string of the molecule is CCC(C)C.CCC1(c2ccc(F)cc2C)CCN(c2ccc(Cl)cc2[N+](=O)[O-])CC1. The monoisotopic (exact) mass is 448 g/mol. The summed E-state index contributed by atoms with van der Waals surface area (Å²) in [4.78, 5) is 13.1. The van der Waals surface area contributed by atoms with Gasteiger partial charge in [0, 0.05) is 24.2 Å². The van der Waals surface area contributed by atoms with Crippen molar-refractivity contribution >= 4 is 23.0 Å². The number of nitro groups is 1. The second-order valence-electron chi connectivity index (χ2n) is 8.77. The third-order valence-corrected chi connectivity index (χ3v) is 6.68. The molecule has 1 fully saturated rings. The molecule has 2 aromatic rings. The Kier molecular flexibility index (Phi) is 8.87. The number of hydrogen-bond donors (Lipinski definition) is 0. The highest BCUT2D eigenvalue weighted by molar-refractivity contribution is 6.30. The molecule has 1 heterocycles. The molecule has 0 saturated carbocycles. The average molecular weight is 449 g/mol. The van der Waals surface area contributed by atoms with Crippen molar-refractivity contribution in [3.05, 3.63) is 68.5 Å². The fourth-order valence-electron chi connectivity index (χ4n) is 4.12. The molecular weight excluding hydrogens is 415 g/mol. The van der Waals surface area contributed by atoms with Crippen LogP contribution in [-0.4, -0.2) is 18.0 Å². The number of aryl methyl sites for hydroxylation is 1. The maximum absolute atomic E-state index is 13.5. The van der Waals surface area contributed by atoms with Crippen LogP contribution in [0.5, 0.6) is 0 Å². The first-order valence-electron chi connectivity index (χ1n) is 11.1. The van der Waals surface area contributed by atoms with Gasteiger partial charge in [0.2, 0.25) is 0 Å². The highest BCUT2D eigenvalue weighted by atomic mass is 35.5. The summed E-state index contributed by atoms with van der Waals surface area (Å²) in [5.41, 5.74) is 2.79. The molecule has 0 bridgehead atoms. The first-order chi connectivity index (χ1) is 14.6. The second kappa shape index (κ2) is 10.9. The summed E-state index contributed by atoms with van der Waals surface area (Å²) in [5, 5.41) is 11.7. The van der Waals surface area contributed by atoms with Crippen LogP contribution in [0.3, 0.4) is 0 Å². The van der Waals surface area contributed by atoms with Crippen LogP contribution in [0.15, 0.2) is 36.4 Å². The van der Waals surface area contributed by atoms with Crippen LogP contribution in [-0.2, 0) is 5.41 Å². The van der Waals surface area contributed by atoms with Gasteiger partial charge in [-0.2, -0.15) is 0 Å². The minimum absolute atomic E-state index is 0.0184. The van der Waals surface area contributed by atoms with Gasteiger partial charge >= 0.3 is 0 Å². The number of nitro benzene ring substituents is 1. The highest BCUT2D eigenvalue weighted by Gasteiger charge is 2.37. The standard InChI is InChI=1S/C20H22ClFN2O2.C5H12/c1-3-20(17-6-5-16(22)12-14(17)2)8-10-23(11-9-20)18-7-4-15(21)13-19(18)24(25)26;1-4-5(2)3/h4-7,12-13H,3,8-11H2,1-2H3;5H,4H2,1-3H3. The van der Waals surface area contributed by atoms with E-state index in [0.717, 1.165) is 30.7 Å². The molecule has 0 radical (unpaired) electrons.